The molecule has 3 rings (SSSR count). The fourth-order valence-corrected chi connectivity index (χ4v) is 3.22. The largest absolute Gasteiger partial charge is 0.350 e. The van der Waals surface area contributed by atoms with E-state index in [2.05, 4.69) is 47.4 Å². The van der Waals surface area contributed by atoms with Crippen LogP contribution in [0.15, 0.2) is 30.5 Å². The summed E-state index contributed by atoms with van der Waals surface area (Å²) in [5.74, 6) is 0. The summed E-state index contributed by atoms with van der Waals surface area (Å²) < 4.78 is 2.20. The minimum absolute atomic E-state index is 0.323. The van der Waals surface area contributed by atoms with Gasteiger partial charge >= 0.3 is 0 Å². The number of hydrogen-bond donors (Lipinski definition) is 2. The smallest absolute Gasteiger partial charge is 0.0481 e. The number of aromatic nitrogens is 1. The van der Waals surface area contributed by atoms with Crippen molar-refractivity contribution in [3.8, 4) is 0 Å². The van der Waals surface area contributed by atoms with Gasteiger partial charge in [0.05, 0.1) is 0 Å². The van der Waals surface area contributed by atoms with Crippen LogP contribution in [0.25, 0.3) is 10.9 Å². The SMILES string of the molecule is Cn1cc(CNC2CCCCC2N)c2ccccc21. The highest BCUT2D eigenvalue weighted by Gasteiger charge is 2.21. The molecule has 1 heterocycles. The van der Waals surface area contributed by atoms with E-state index in [0.29, 0.717) is 12.1 Å². The van der Waals surface area contributed by atoms with E-state index in [1.165, 1.54) is 35.7 Å². The molecular weight excluding hydrogens is 234 g/mol. The maximum atomic E-state index is 6.19. The summed E-state index contributed by atoms with van der Waals surface area (Å²) in [5.41, 5.74) is 8.86. The van der Waals surface area contributed by atoms with Gasteiger partial charge in [0.1, 0.15) is 0 Å². The van der Waals surface area contributed by atoms with E-state index in [4.69, 9.17) is 5.73 Å². The predicted molar refractivity (Wildman–Crippen MR) is 80.0 cm³/mol. The van der Waals surface area contributed by atoms with Gasteiger partial charge in [0.2, 0.25) is 0 Å². The van der Waals surface area contributed by atoms with Crippen LogP contribution in [-0.4, -0.2) is 16.7 Å². The van der Waals surface area contributed by atoms with E-state index >= 15 is 0 Å². The van der Waals surface area contributed by atoms with Gasteiger partial charge in [0.15, 0.2) is 0 Å². The molecule has 3 N–H and O–H groups in total. The van der Waals surface area contributed by atoms with E-state index < -0.39 is 0 Å². The third kappa shape index (κ3) is 2.53. The molecule has 0 bridgehead atoms. The molecule has 102 valence electrons. The molecule has 2 unspecified atom stereocenters. The Kier molecular flexibility index (Phi) is 3.58. The predicted octanol–water partition coefficient (Wildman–Crippen LogP) is 2.54. The van der Waals surface area contributed by atoms with E-state index in [9.17, 15) is 0 Å². The minimum Gasteiger partial charge on any atom is -0.350 e. The summed E-state index contributed by atoms with van der Waals surface area (Å²) in [6, 6.07) is 9.38. The first kappa shape index (κ1) is 12.7. The fourth-order valence-electron chi connectivity index (χ4n) is 3.22. The molecule has 3 heteroatoms. The van der Waals surface area contributed by atoms with Gasteiger partial charge in [-0.25, -0.2) is 0 Å². The molecule has 0 amide bonds. The Morgan fingerprint density at radius 1 is 1.26 bits per heavy atom. The van der Waals surface area contributed by atoms with Crippen molar-refractivity contribution in [2.75, 3.05) is 0 Å². The Bertz CT molecular complexity index is 558. The molecule has 1 saturated carbocycles. The summed E-state index contributed by atoms with van der Waals surface area (Å²) in [7, 11) is 2.11. The Hall–Kier alpha value is -1.32. The number of nitrogens with zero attached hydrogens (tertiary/aromatic N) is 1. The molecule has 19 heavy (non-hydrogen) atoms. The van der Waals surface area contributed by atoms with Gasteiger partial charge in [-0.15, -0.1) is 0 Å². The molecule has 1 aromatic carbocycles. The lowest BCUT2D eigenvalue weighted by Gasteiger charge is -2.29. The lowest BCUT2D eigenvalue weighted by Crippen LogP contribution is -2.46. The van der Waals surface area contributed by atoms with Crippen LogP contribution in [0.3, 0.4) is 0 Å². The number of rotatable bonds is 3. The second-order valence-corrected chi connectivity index (χ2v) is 5.72. The van der Waals surface area contributed by atoms with Crippen LogP contribution < -0.4 is 11.1 Å². The van der Waals surface area contributed by atoms with Crippen LogP contribution in [0.5, 0.6) is 0 Å². The Balaban J connectivity index is 1.75. The standard InChI is InChI=1S/C16H23N3/c1-19-11-12(13-6-2-5-9-16(13)19)10-18-15-8-4-3-7-14(15)17/h2,5-6,9,11,14-15,18H,3-4,7-8,10,17H2,1H3. The highest BCUT2D eigenvalue weighted by atomic mass is 15.0. The maximum Gasteiger partial charge on any atom is 0.0481 e. The van der Waals surface area contributed by atoms with Crippen molar-refractivity contribution in [3.63, 3.8) is 0 Å². The van der Waals surface area contributed by atoms with Crippen LogP contribution in [-0.2, 0) is 13.6 Å². The zero-order chi connectivity index (χ0) is 13.2. The topological polar surface area (TPSA) is 43.0 Å². The zero-order valence-electron chi connectivity index (χ0n) is 11.6. The van der Waals surface area contributed by atoms with Crippen LogP contribution in [0.1, 0.15) is 31.2 Å². The summed E-state index contributed by atoms with van der Waals surface area (Å²) >= 11 is 0. The first-order valence-corrected chi connectivity index (χ1v) is 7.27. The molecule has 0 saturated heterocycles. The van der Waals surface area contributed by atoms with Crippen LogP contribution >= 0.6 is 0 Å². The minimum atomic E-state index is 0.323. The molecule has 0 radical (unpaired) electrons. The molecule has 3 nitrogen and oxygen atoms in total. The van der Waals surface area contributed by atoms with E-state index in [1.807, 2.05) is 0 Å². The average molecular weight is 257 g/mol. The van der Waals surface area contributed by atoms with Crippen molar-refractivity contribution >= 4 is 10.9 Å². The molecule has 2 atom stereocenters. The molecule has 0 aliphatic heterocycles. The van der Waals surface area contributed by atoms with Crippen LogP contribution in [0, 0.1) is 0 Å². The van der Waals surface area contributed by atoms with Gasteiger partial charge in [-0.2, -0.15) is 0 Å². The van der Waals surface area contributed by atoms with Gasteiger partial charge in [0.25, 0.3) is 0 Å². The normalized spacial score (nSPS) is 23.9. The second kappa shape index (κ2) is 5.35. The summed E-state index contributed by atoms with van der Waals surface area (Å²) in [6.45, 7) is 0.916. The lowest BCUT2D eigenvalue weighted by atomic mass is 9.91. The highest BCUT2D eigenvalue weighted by Crippen LogP contribution is 2.22. The average Bonchev–Trinajstić information content (AvgIpc) is 2.75. The molecule has 1 aliphatic carbocycles. The molecule has 0 spiro atoms. The number of nitrogens with one attached hydrogen (secondary N) is 1. The van der Waals surface area contributed by atoms with Crippen LogP contribution in [0.4, 0.5) is 0 Å². The Labute approximate surface area is 114 Å². The number of benzene rings is 1. The highest BCUT2D eigenvalue weighted by molar-refractivity contribution is 5.83. The van der Waals surface area contributed by atoms with Crippen molar-refractivity contribution in [1.29, 1.82) is 0 Å². The molecule has 2 aromatic rings. The number of para-hydroxylation sites is 1. The van der Waals surface area contributed by atoms with Crippen molar-refractivity contribution in [1.82, 2.24) is 9.88 Å². The van der Waals surface area contributed by atoms with Crippen molar-refractivity contribution in [2.45, 2.75) is 44.3 Å². The van der Waals surface area contributed by atoms with E-state index in [-0.39, 0.29) is 0 Å². The first-order valence-electron chi connectivity index (χ1n) is 7.27. The Morgan fingerprint density at radius 3 is 2.89 bits per heavy atom. The van der Waals surface area contributed by atoms with Gasteiger partial charge < -0.3 is 15.6 Å². The summed E-state index contributed by atoms with van der Waals surface area (Å²) in [4.78, 5) is 0. The third-order valence-electron chi connectivity index (χ3n) is 4.35. The van der Waals surface area contributed by atoms with Crippen LogP contribution in [0.2, 0.25) is 0 Å². The molecule has 1 aliphatic rings. The molecular formula is C16H23N3. The van der Waals surface area contributed by atoms with Crippen molar-refractivity contribution < 1.29 is 0 Å². The molecule has 1 fully saturated rings. The third-order valence-corrected chi connectivity index (χ3v) is 4.35. The molecule has 1 aromatic heterocycles. The van der Waals surface area contributed by atoms with Gasteiger partial charge in [0, 0.05) is 42.8 Å². The summed E-state index contributed by atoms with van der Waals surface area (Å²) in [5, 5.41) is 5.00. The van der Waals surface area contributed by atoms with E-state index in [1.54, 1.807) is 0 Å². The fraction of sp³-hybridized carbons (Fsp3) is 0.500. The van der Waals surface area contributed by atoms with E-state index in [0.717, 1.165) is 13.0 Å². The van der Waals surface area contributed by atoms with Gasteiger partial charge in [-0.05, 0) is 24.5 Å². The van der Waals surface area contributed by atoms with Gasteiger partial charge in [-0.1, -0.05) is 31.0 Å². The van der Waals surface area contributed by atoms with Gasteiger partial charge in [-0.3, -0.25) is 0 Å². The van der Waals surface area contributed by atoms with Crippen molar-refractivity contribution in [2.24, 2.45) is 12.8 Å². The second-order valence-electron chi connectivity index (χ2n) is 5.72. The quantitative estimate of drug-likeness (QED) is 0.887. The summed E-state index contributed by atoms with van der Waals surface area (Å²) in [6.07, 6.45) is 7.19. The number of hydrogen-bond acceptors (Lipinski definition) is 2. The first-order chi connectivity index (χ1) is 9.25. The number of nitrogens with two attached hydrogens (primary N) is 1. The number of aryl methyl sites for hydroxylation is 1. The maximum absolute atomic E-state index is 6.19. The number of fused-ring (bicyclic) bond motifs is 1. The lowest BCUT2D eigenvalue weighted by molar-refractivity contribution is 0.327. The van der Waals surface area contributed by atoms with Crippen molar-refractivity contribution in [3.05, 3.63) is 36.0 Å². The Morgan fingerprint density at radius 2 is 2.05 bits per heavy atom. The monoisotopic (exact) mass is 257 g/mol. The zero-order valence-corrected chi connectivity index (χ0v) is 11.6.